The minimum Gasteiger partial charge on any atom is -0.497 e. The Balaban J connectivity index is 1.88. The lowest BCUT2D eigenvalue weighted by atomic mass is 9.87. The number of anilines is 1. The number of sulfonamides is 1. The van der Waals surface area contributed by atoms with Crippen LogP contribution < -0.4 is 14.8 Å². The number of nitrogens with one attached hydrogen (secondary N) is 2. The highest BCUT2D eigenvalue weighted by Gasteiger charge is 2.37. The molecule has 28 heavy (non-hydrogen) atoms. The Bertz CT molecular complexity index is 962. The smallest absolute Gasteiger partial charge is 0.252 e. The molecule has 1 amide bonds. The summed E-state index contributed by atoms with van der Waals surface area (Å²) in [5, 5.41) is 3.21. The molecule has 0 unspecified atom stereocenters. The van der Waals surface area contributed by atoms with E-state index in [1.165, 1.54) is 0 Å². The van der Waals surface area contributed by atoms with Crippen molar-refractivity contribution in [2.75, 3.05) is 18.1 Å². The van der Waals surface area contributed by atoms with Gasteiger partial charge in [0.15, 0.2) is 0 Å². The number of hydrogen-bond acceptors (Lipinski definition) is 4. The maximum atomic E-state index is 13.0. The highest BCUT2D eigenvalue weighted by atomic mass is 32.2. The van der Waals surface area contributed by atoms with E-state index >= 15 is 0 Å². The van der Waals surface area contributed by atoms with Gasteiger partial charge in [-0.1, -0.05) is 31.0 Å². The van der Waals surface area contributed by atoms with Crippen LogP contribution in [0.2, 0.25) is 0 Å². The number of rotatable bonds is 6. The van der Waals surface area contributed by atoms with Gasteiger partial charge in [-0.05, 0) is 55.2 Å². The third kappa shape index (κ3) is 4.47. The van der Waals surface area contributed by atoms with Crippen molar-refractivity contribution in [2.24, 2.45) is 0 Å². The summed E-state index contributed by atoms with van der Waals surface area (Å²) in [6, 6.07) is 12.9. The summed E-state index contributed by atoms with van der Waals surface area (Å²) < 4.78 is 30.9. The molecule has 2 aromatic carbocycles. The number of amides is 1. The minimum absolute atomic E-state index is 0.214. The number of aryl methyl sites for hydroxylation is 1. The standard InChI is InChI=1S/C21H26N2O4S/c1-15-6-7-16(14-19(15)23-28(3,25)26)20(24)22-21(12-4-5-13-21)17-8-10-18(27-2)11-9-17/h6-11,14,23H,4-5,12-13H2,1-3H3,(H,22,24). The van der Waals surface area contributed by atoms with Crippen LogP contribution in [-0.4, -0.2) is 27.7 Å². The monoisotopic (exact) mass is 402 g/mol. The predicted octanol–water partition coefficient (Wildman–Crippen LogP) is 3.57. The molecule has 6 nitrogen and oxygen atoms in total. The SMILES string of the molecule is COc1ccc(C2(NC(=O)c3ccc(C)c(NS(C)(=O)=O)c3)CCCC2)cc1. The van der Waals surface area contributed by atoms with E-state index in [1.54, 1.807) is 32.2 Å². The van der Waals surface area contributed by atoms with Crippen LogP contribution in [0.4, 0.5) is 5.69 Å². The quantitative estimate of drug-likeness (QED) is 0.774. The van der Waals surface area contributed by atoms with Gasteiger partial charge in [-0.15, -0.1) is 0 Å². The first-order valence-corrected chi connectivity index (χ1v) is 11.2. The summed E-state index contributed by atoms with van der Waals surface area (Å²) >= 11 is 0. The number of carbonyl (C=O) groups excluding carboxylic acids is 1. The maximum absolute atomic E-state index is 13.0. The van der Waals surface area contributed by atoms with Gasteiger partial charge in [-0.3, -0.25) is 9.52 Å². The van der Waals surface area contributed by atoms with E-state index in [9.17, 15) is 13.2 Å². The fourth-order valence-corrected chi connectivity index (χ4v) is 4.36. The van der Waals surface area contributed by atoms with E-state index in [0.29, 0.717) is 11.3 Å². The second kappa shape index (κ2) is 7.83. The van der Waals surface area contributed by atoms with E-state index in [4.69, 9.17) is 4.74 Å². The molecule has 1 fully saturated rings. The van der Waals surface area contributed by atoms with Crippen LogP contribution in [-0.2, 0) is 15.6 Å². The lowest BCUT2D eigenvalue weighted by molar-refractivity contribution is 0.0898. The average Bonchev–Trinajstić information content (AvgIpc) is 3.12. The van der Waals surface area contributed by atoms with Crippen molar-refractivity contribution in [1.82, 2.24) is 5.32 Å². The number of hydrogen-bond donors (Lipinski definition) is 2. The van der Waals surface area contributed by atoms with Crippen molar-refractivity contribution < 1.29 is 17.9 Å². The lowest BCUT2D eigenvalue weighted by Gasteiger charge is -2.31. The van der Waals surface area contributed by atoms with Crippen LogP contribution in [0.5, 0.6) is 5.75 Å². The van der Waals surface area contributed by atoms with Crippen molar-refractivity contribution in [3.05, 3.63) is 59.2 Å². The van der Waals surface area contributed by atoms with Crippen LogP contribution in [0, 0.1) is 6.92 Å². The molecule has 0 atom stereocenters. The largest absolute Gasteiger partial charge is 0.497 e. The number of methoxy groups -OCH3 is 1. The molecule has 0 heterocycles. The molecule has 1 saturated carbocycles. The molecule has 0 spiro atoms. The molecular weight excluding hydrogens is 376 g/mol. The van der Waals surface area contributed by atoms with Crippen molar-refractivity contribution >= 4 is 21.6 Å². The normalized spacial score (nSPS) is 15.8. The molecule has 0 bridgehead atoms. The molecule has 0 aromatic heterocycles. The molecule has 1 aliphatic rings. The van der Waals surface area contributed by atoms with Crippen LogP contribution in [0.3, 0.4) is 0 Å². The van der Waals surface area contributed by atoms with Gasteiger partial charge in [0.2, 0.25) is 10.0 Å². The van der Waals surface area contributed by atoms with E-state index in [-0.39, 0.29) is 5.91 Å². The van der Waals surface area contributed by atoms with Gasteiger partial charge in [-0.2, -0.15) is 0 Å². The molecular formula is C21H26N2O4S. The lowest BCUT2D eigenvalue weighted by Crippen LogP contribution is -2.43. The third-order valence-corrected chi connectivity index (χ3v) is 5.84. The van der Waals surface area contributed by atoms with Gasteiger partial charge in [0.05, 0.1) is 24.6 Å². The zero-order valence-electron chi connectivity index (χ0n) is 16.4. The van der Waals surface area contributed by atoms with Gasteiger partial charge in [0, 0.05) is 5.56 Å². The molecule has 2 aromatic rings. The maximum Gasteiger partial charge on any atom is 0.252 e. The van der Waals surface area contributed by atoms with Gasteiger partial charge < -0.3 is 10.1 Å². The molecule has 2 N–H and O–H groups in total. The zero-order valence-corrected chi connectivity index (χ0v) is 17.2. The third-order valence-electron chi connectivity index (χ3n) is 5.25. The summed E-state index contributed by atoms with van der Waals surface area (Å²) in [6.45, 7) is 1.80. The van der Waals surface area contributed by atoms with E-state index in [2.05, 4.69) is 10.0 Å². The van der Waals surface area contributed by atoms with Crippen molar-refractivity contribution in [2.45, 2.75) is 38.1 Å². The fourth-order valence-electron chi connectivity index (χ4n) is 3.74. The summed E-state index contributed by atoms with van der Waals surface area (Å²) in [5.41, 5.74) is 2.24. The number of carbonyl (C=O) groups is 1. The Kier molecular flexibility index (Phi) is 5.65. The van der Waals surface area contributed by atoms with Crippen LogP contribution >= 0.6 is 0 Å². The van der Waals surface area contributed by atoms with Gasteiger partial charge >= 0.3 is 0 Å². The first-order valence-electron chi connectivity index (χ1n) is 9.28. The molecule has 150 valence electrons. The van der Waals surface area contributed by atoms with Crippen LogP contribution in [0.15, 0.2) is 42.5 Å². The van der Waals surface area contributed by atoms with Gasteiger partial charge in [0.25, 0.3) is 5.91 Å². The Morgan fingerprint density at radius 1 is 1.07 bits per heavy atom. The van der Waals surface area contributed by atoms with Gasteiger partial charge in [-0.25, -0.2) is 8.42 Å². The second-order valence-corrected chi connectivity index (χ2v) is 9.12. The molecule has 0 aliphatic heterocycles. The average molecular weight is 403 g/mol. The topological polar surface area (TPSA) is 84.5 Å². The predicted molar refractivity (Wildman–Crippen MR) is 110 cm³/mol. The highest BCUT2D eigenvalue weighted by molar-refractivity contribution is 7.92. The Morgan fingerprint density at radius 3 is 2.29 bits per heavy atom. The molecule has 3 rings (SSSR count). The van der Waals surface area contributed by atoms with Crippen molar-refractivity contribution in [3.8, 4) is 5.75 Å². The Labute approximate surface area is 166 Å². The van der Waals surface area contributed by atoms with Gasteiger partial charge in [0.1, 0.15) is 5.75 Å². The molecule has 7 heteroatoms. The summed E-state index contributed by atoms with van der Waals surface area (Å²) in [7, 11) is -1.79. The van der Waals surface area contributed by atoms with Crippen molar-refractivity contribution in [3.63, 3.8) is 0 Å². The summed E-state index contributed by atoms with van der Waals surface area (Å²) in [6.07, 6.45) is 4.91. The van der Waals surface area contributed by atoms with E-state index < -0.39 is 15.6 Å². The molecule has 1 aliphatic carbocycles. The first kappa shape index (κ1) is 20.2. The summed E-state index contributed by atoms with van der Waals surface area (Å²) in [5.74, 6) is 0.563. The fraction of sp³-hybridized carbons (Fsp3) is 0.381. The van der Waals surface area contributed by atoms with Crippen LogP contribution in [0.1, 0.15) is 47.2 Å². The Morgan fingerprint density at radius 2 is 1.71 bits per heavy atom. The zero-order chi connectivity index (χ0) is 20.4. The van der Waals surface area contributed by atoms with E-state index in [0.717, 1.165) is 48.8 Å². The van der Waals surface area contributed by atoms with E-state index in [1.807, 2.05) is 24.3 Å². The Hall–Kier alpha value is -2.54. The summed E-state index contributed by atoms with van der Waals surface area (Å²) in [4.78, 5) is 13.0. The molecule has 0 radical (unpaired) electrons. The first-order chi connectivity index (χ1) is 13.2. The highest BCUT2D eigenvalue weighted by Crippen LogP contribution is 2.39. The number of benzene rings is 2. The minimum atomic E-state index is -3.42. The second-order valence-electron chi connectivity index (χ2n) is 7.38. The number of ether oxygens (including phenoxy) is 1. The van der Waals surface area contributed by atoms with Crippen LogP contribution in [0.25, 0.3) is 0 Å². The molecule has 0 saturated heterocycles. The van der Waals surface area contributed by atoms with Crippen molar-refractivity contribution in [1.29, 1.82) is 0 Å².